The molecule has 4 heteroatoms. The molecule has 0 aliphatic carbocycles. The molecule has 2 N–H and O–H groups in total. The third-order valence-electron chi connectivity index (χ3n) is 3.72. The van der Waals surface area contributed by atoms with Crippen LogP contribution in [-0.2, 0) is 13.0 Å². The van der Waals surface area contributed by atoms with Gasteiger partial charge in [0.05, 0.1) is 12.1 Å². The van der Waals surface area contributed by atoms with E-state index < -0.39 is 0 Å². The first-order chi connectivity index (χ1) is 9.78. The van der Waals surface area contributed by atoms with E-state index >= 15 is 0 Å². The van der Waals surface area contributed by atoms with Crippen molar-refractivity contribution < 1.29 is 0 Å². The summed E-state index contributed by atoms with van der Waals surface area (Å²) in [5, 5.41) is 1.32. The summed E-state index contributed by atoms with van der Waals surface area (Å²) in [6, 6.07) is 8.94. The van der Waals surface area contributed by atoms with E-state index in [1.54, 1.807) is 11.3 Å². The Labute approximate surface area is 123 Å². The number of nitrogens with zero attached hydrogens (tertiary/aromatic N) is 2. The standard InChI is InChI=1S/C16H19N3S/c1-2-13(17)8-12-4-3-5-16-15(12)6-7-19(16)10-14-9-18-11-20-14/h3-7,9,11,13H,2,8,10,17H2,1H3. The lowest BCUT2D eigenvalue weighted by Gasteiger charge is -2.10. The van der Waals surface area contributed by atoms with Gasteiger partial charge in [-0.2, -0.15) is 0 Å². The molecule has 2 aromatic heterocycles. The van der Waals surface area contributed by atoms with Crippen molar-refractivity contribution in [1.29, 1.82) is 0 Å². The molecule has 1 aromatic carbocycles. The van der Waals surface area contributed by atoms with Gasteiger partial charge in [0, 0.05) is 34.2 Å². The second-order valence-corrected chi connectivity index (χ2v) is 6.10. The zero-order valence-corrected chi connectivity index (χ0v) is 12.4. The Kier molecular flexibility index (Phi) is 3.85. The molecule has 3 nitrogen and oxygen atoms in total. The SMILES string of the molecule is CCC(N)Cc1cccc2c1ccn2Cc1cncs1. The van der Waals surface area contributed by atoms with Crippen molar-refractivity contribution in [3.63, 3.8) is 0 Å². The van der Waals surface area contributed by atoms with Gasteiger partial charge in [0.2, 0.25) is 0 Å². The van der Waals surface area contributed by atoms with Crippen LogP contribution >= 0.6 is 11.3 Å². The van der Waals surface area contributed by atoms with Gasteiger partial charge in [-0.05, 0) is 30.5 Å². The van der Waals surface area contributed by atoms with Crippen molar-refractivity contribution in [2.24, 2.45) is 5.73 Å². The van der Waals surface area contributed by atoms with Crippen molar-refractivity contribution in [1.82, 2.24) is 9.55 Å². The Hall–Kier alpha value is -1.65. The molecule has 0 spiro atoms. The van der Waals surface area contributed by atoms with Crippen molar-refractivity contribution in [3.8, 4) is 0 Å². The minimum absolute atomic E-state index is 0.241. The molecular weight excluding hydrogens is 266 g/mol. The number of aromatic nitrogens is 2. The molecule has 3 rings (SSSR count). The van der Waals surface area contributed by atoms with Crippen molar-refractivity contribution in [2.45, 2.75) is 32.4 Å². The zero-order chi connectivity index (χ0) is 13.9. The van der Waals surface area contributed by atoms with Crippen LogP contribution in [0, 0.1) is 0 Å². The van der Waals surface area contributed by atoms with E-state index in [0.717, 1.165) is 19.4 Å². The Morgan fingerprint density at radius 3 is 3.00 bits per heavy atom. The first-order valence-corrected chi connectivity index (χ1v) is 7.85. The number of fused-ring (bicyclic) bond motifs is 1. The fourth-order valence-electron chi connectivity index (χ4n) is 2.52. The van der Waals surface area contributed by atoms with Gasteiger partial charge in [-0.3, -0.25) is 4.98 Å². The molecule has 0 fully saturated rings. The second kappa shape index (κ2) is 5.77. The molecule has 104 valence electrons. The average Bonchev–Trinajstić information content (AvgIpc) is 3.10. The number of nitrogens with two attached hydrogens (primary N) is 1. The van der Waals surface area contributed by atoms with Crippen LogP contribution in [0.1, 0.15) is 23.8 Å². The lowest BCUT2D eigenvalue weighted by atomic mass is 10.0. The number of hydrogen-bond donors (Lipinski definition) is 1. The summed E-state index contributed by atoms with van der Waals surface area (Å²) < 4.78 is 2.28. The van der Waals surface area contributed by atoms with Crippen LogP contribution < -0.4 is 5.73 Å². The molecule has 0 bridgehead atoms. The third-order valence-corrected chi connectivity index (χ3v) is 4.48. The zero-order valence-electron chi connectivity index (χ0n) is 11.6. The predicted molar refractivity (Wildman–Crippen MR) is 85.1 cm³/mol. The maximum Gasteiger partial charge on any atom is 0.0794 e. The van der Waals surface area contributed by atoms with Crippen molar-refractivity contribution in [3.05, 3.63) is 52.6 Å². The quantitative estimate of drug-likeness (QED) is 0.780. The molecule has 2 heterocycles. The summed E-state index contributed by atoms with van der Waals surface area (Å²) in [4.78, 5) is 5.42. The lowest BCUT2D eigenvalue weighted by Crippen LogP contribution is -2.21. The van der Waals surface area contributed by atoms with E-state index in [1.165, 1.54) is 21.3 Å². The first-order valence-electron chi connectivity index (χ1n) is 6.97. The van der Waals surface area contributed by atoms with Crippen molar-refractivity contribution >= 4 is 22.2 Å². The number of rotatable bonds is 5. The van der Waals surface area contributed by atoms with Gasteiger partial charge in [-0.15, -0.1) is 11.3 Å². The van der Waals surface area contributed by atoms with Gasteiger partial charge in [0.25, 0.3) is 0 Å². The van der Waals surface area contributed by atoms with Crippen LogP contribution in [-0.4, -0.2) is 15.6 Å². The third kappa shape index (κ3) is 2.62. The van der Waals surface area contributed by atoms with E-state index in [1.807, 2.05) is 11.7 Å². The minimum Gasteiger partial charge on any atom is -0.342 e. The highest BCUT2D eigenvalue weighted by atomic mass is 32.1. The minimum atomic E-state index is 0.241. The van der Waals surface area contributed by atoms with Crippen LogP contribution in [0.25, 0.3) is 10.9 Å². The maximum absolute atomic E-state index is 6.10. The molecule has 0 radical (unpaired) electrons. The number of thiazole rings is 1. The van der Waals surface area contributed by atoms with Gasteiger partial charge < -0.3 is 10.3 Å². The normalized spacial score (nSPS) is 12.9. The summed E-state index contributed by atoms with van der Waals surface area (Å²) in [5.41, 5.74) is 10.6. The Balaban J connectivity index is 1.94. The van der Waals surface area contributed by atoms with Crippen LogP contribution in [0.4, 0.5) is 0 Å². The van der Waals surface area contributed by atoms with Gasteiger partial charge in [0.15, 0.2) is 0 Å². The van der Waals surface area contributed by atoms with Crippen molar-refractivity contribution in [2.75, 3.05) is 0 Å². The molecule has 0 saturated heterocycles. The highest BCUT2D eigenvalue weighted by Crippen LogP contribution is 2.23. The van der Waals surface area contributed by atoms with Gasteiger partial charge in [-0.25, -0.2) is 0 Å². The van der Waals surface area contributed by atoms with Crippen LogP contribution in [0.3, 0.4) is 0 Å². The molecule has 0 aliphatic heterocycles. The topological polar surface area (TPSA) is 43.8 Å². The molecule has 1 unspecified atom stereocenters. The summed E-state index contributed by atoms with van der Waals surface area (Å²) in [6.45, 7) is 3.03. The summed E-state index contributed by atoms with van der Waals surface area (Å²) in [6.07, 6.45) is 6.05. The molecule has 3 aromatic rings. The monoisotopic (exact) mass is 285 g/mol. The van der Waals surface area contributed by atoms with Gasteiger partial charge in [-0.1, -0.05) is 19.1 Å². The maximum atomic E-state index is 6.10. The highest BCUT2D eigenvalue weighted by molar-refractivity contribution is 7.09. The number of benzene rings is 1. The van der Waals surface area contributed by atoms with Gasteiger partial charge in [0.1, 0.15) is 0 Å². The summed E-state index contributed by atoms with van der Waals surface area (Å²) >= 11 is 1.70. The van der Waals surface area contributed by atoms with Crippen LogP contribution in [0.15, 0.2) is 42.2 Å². The summed E-state index contributed by atoms with van der Waals surface area (Å²) in [5.74, 6) is 0. The molecule has 20 heavy (non-hydrogen) atoms. The smallest absolute Gasteiger partial charge is 0.0794 e. The van der Waals surface area contributed by atoms with Crippen LogP contribution in [0.5, 0.6) is 0 Å². The molecule has 0 aliphatic rings. The fourth-order valence-corrected chi connectivity index (χ4v) is 3.11. The summed E-state index contributed by atoms with van der Waals surface area (Å²) in [7, 11) is 0. The van der Waals surface area contributed by atoms with E-state index in [9.17, 15) is 0 Å². The predicted octanol–water partition coefficient (Wildman–Crippen LogP) is 3.43. The molecule has 1 atom stereocenters. The molecular formula is C16H19N3S. The average molecular weight is 285 g/mol. The Bertz CT molecular complexity index is 685. The first kappa shape index (κ1) is 13.3. The van der Waals surface area contributed by atoms with E-state index in [4.69, 9.17) is 5.73 Å². The number of hydrogen-bond acceptors (Lipinski definition) is 3. The molecule has 0 amide bonds. The van der Waals surface area contributed by atoms with Gasteiger partial charge >= 0.3 is 0 Å². The van der Waals surface area contributed by atoms with E-state index in [2.05, 4.69) is 46.9 Å². The fraction of sp³-hybridized carbons (Fsp3) is 0.312. The molecule has 0 saturated carbocycles. The largest absolute Gasteiger partial charge is 0.342 e. The second-order valence-electron chi connectivity index (χ2n) is 5.13. The highest BCUT2D eigenvalue weighted by Gasteiger charge is 2.09. The lowest BCUT2D eigenvalue weighted by molar-refractivity contribution is 0.649. The van der Waals surface area contributed by atoms with Crippen LogP contribution in [0.2, 0.25) is 0 Å². The van der Waals surface area contributed by atoms with E-state index in [0.29, 0.717) is 0 Å². The Morgan fingerprint density at radius 2 is 2.25 bits per heavy atom. The van der Waals surface area contributed by atoms with E-state index in [-0.39, 0.29) is 6.04 Å². The Morgan fingerprint density at radius 1 is 1.35 bits per heavy atom.